The second-order valence-corrected chi connectivity index (χ2v) is 9.83. The van der Waals surface area contributed by atoms with Gasteiger partial charge in [0.25, 0.3) is 0 Å². The third-order valence-corrected chi connectivity index (χ3v) is 8.33. The lowest BCUT2D eigenvalue weighted by atomic mass is 9.76. The SMILES string of the molecule is CC.CC.CCOC1CC(c2ccccc2)N[C@H]2CC(c3cccc(Cl)c3)N(SI)C[C@@H]12. The van der Waals surface area contributed by atoms with Gasteiger partial charge in [0.1, 0.15) is 0 Å². The first-order valence-corrected chi connectivity index (χ1v) is 15.6. The van der Waals surface area contributed by atoms with E-state index in [1.165, 1.54) is 11.1 Å². The van der Waals surface area contributed by atoms with Gasteiger partial charge in [-0.25, -0.2) is 4.31 Å². The molecule has 0 aromatic heterocycles. The van der Waals surface area contributed by atoms with E-state index in [0.29, 0.717) is 24.0 Å². The quantitative estimate of drug-likeness (QED) is 0.281. The highest BCUT2D eigenvalue weighted by Crippen LogP contribution is 2.45. The van der Waals surface area contributed by atoms with Gasteiger partial charge in [-0.3, -0.25) is 0 Å². The van der Waals surface area contributed by atoms with Gasteiger partial charge in [-0.05, 0) is 52.1 Å². The molecule has 0 spiro atoms. The Morgan fingerprint density at radius 1 is 1.03 bits per heavy atom. The van der Waals surface area contributed by atoms with E-state index in [-0.39, 0.29) is 6.10 Å². The zero-order valence-electron chi connectivity index (χ0n) is 19.9. The van der Waals surface area contributed by atoms with Crippen LogP contribution in [-0.2, 0) is 4.74 Å². The first-order valence-electron chi connectivity index (χ1n) is 11.9. The normalized spacial score (nSPS) is 27.3. The number of nitrogens with one attached hydrogen (secondary N) is 1. The van der Waals surface area contributed by atoms with Crippen molar-refractivity contribution in [1.29, 1.82) is 0 Å². The Kier molecular flexibility index (Phi) is 13.0. The molecule has 2 aromatic carbocycles. The molecule has 2 saturated heterocycles. The van der Waals surface area contributed by atoms with Crippen LogP contribution in [0.2, 0.25) is 5.02 Å². The fraction of sp³-hybridized carbons (Fsp3) is 0.538. The molecule has 3 nitrogen and oxygen atoms in total. The molecule has 2 fully saturated rings. The van der Waals surface area contributed by atoms with E-state index in [1.54, 1.807) is 9.12 Å². The number of benzene rings is 2. The minimum absolute atomic E-state index is 0.285. The summed E-state index contributed by atoms with van der Waals surface area (Å²) < 4.78 is 8.76. The molecule has 0 aliphatic carbocycles. The second-order valence-electron chi connectivity index (χ2n) is 7.60. The minimum Gasteiger partial charge on any atom is -0.378 e. The van der Waals surface area contributed by atoms with Crippen LogP contribution >= 0.6 is 41.9 Å². The fourth-order valence-corrected chi connectivity index (χ4v) is 6.75. The topological polar surface area (TPSA) is 24.5 Å². The molecule has 5 atom stereocenters. The lowest BCUT2D eigenvalue weighted by Crippen LogP contribution is -2.58. The maximum Gasteiger partial charge on any atom is 0.0648 e. The van der Waals surface area contributed by atoms with Crippen molar-refractivity contribution in [3.05, 3.63) is 70.7 Å². The average molecular weight is 589 g/mol. The Hall–Kier alpha value is -0.310. The number of nitrogens with zero attached hydrogens (tertiary/aromatic N) is 1. The predicted molar refractivity (Wildman–Crippen MR) is 149 cm³/mol. The molecule has 2 heterocycles. The third-order valence-electron chi connectivity index (χ3n) is 6.00. The summed E-state index contributed by atoms with van der Waals surface area (Å²) in [4.78, 5) is 0. The molecule has 2 aliphatic heterocycles. The molecule has 0 bridgehead atoms. The summed E-state index contributed by atoms with van der Waals surface area (Å²) >= 11 is 8.71. The van der Waals surface area contributed by atoms with Crippen LogP contribution in [-0.4, -0.2) is 29.6 Å². The Balaban J connectivity index is 0.000000860. The van der Waals surface area contributed by atoms with E-state index >= 15 is 0 Å². The van der Waals surface area contributed by atoms with Crippen LogP contribution < -0.4 is 5.32 Å². The monoisotopic (exact) mass is 588 g/mol. The van der Waals surface area contributed by atoms with Gasteiger partial charge in [0.15, 0.2) is 0 Å². The van der Waals surface area contributed by atoms with Crippen LogP contribution in [0.3, 0.4) is 0 Å². The van der Waals surface area contributed by atoms with E-state index in [9.17, 15) is 0 Å². The molecule has 0 amide bonds. The van der Waals surface area contributed by atoms with Crippen molar-refractivity contribution in [3.63, 3.8) is 0 Å². The van der Waals surface area contributed by atoms with E-state index in [0.717, 1.165) is 31.0 Å². The van der Waals surface area contributed by atoms with Crippen molar-refractivity contribution >= 4 is 41.9 Å². The third kappa shape index (κ3) is 7.09. The molecule has 0 saturated carbocycles. The van der Waals surface area contributed by atoms with Crippen LogP contribution in [0.5, 0.6) is 0 Å². The van der Waals surface area contributed by atoms with Gasteiger partial charge in [-0.1, -0.05) is 81.8 Å². The van der Waals surface area contributed by atoms with Gasteiger partial charge in [0.2, 0.25) is 0 Å². The van der Waals surface area contributed by atoms with Crippen molar-refractivity contribution in [1.82, 2.24) is 9.62 Å². The van der Waals surface area contributed by atoms with E-state index in [4.69, 9.17) is 16.3 Å². The molecule has 178 valence electrons. The van der Waals surface area contributed by atoms with Crippen LogP contribution in [0.15, 0.2) is 54.6 Å². The Morgan fingerprint density at radius 2 is 1.72 bits per heavy atom. The lowest BCUT2D eigenvalue weighted by molar-refractivity contribution is -0.0516. The summed E-state index contributed by atoms with van der Waals surface area (Å²) in [6.07, 6.45) is 2.38. The second kappa shape index (κ2) is 14.8. The molecule has 6 heteroatoms. The van der Waals surface area contributed by atoms with Gasteiger partial charge in [-0.15, -0.1) is 0 Å². The fourth-order valence-electron chi connectivity index (χ4n) is 4.71. The predicted octanol–water partition coefficient (Wildman–Crippen LogP) is 8.26. The van der Waals surface area contributed by atoms with Crippen molar-refractivity contribution in [2.75, 3.05) is 13.2 Å². The highest BCUT2D eigenvalue weighted by molar-refractivity contribution is 14.2. The maximum absolute atomic E-state index is 6.30. The summed E-state index contributed by atoms with van der Waals surface area (Å²) in [6.45, 7) is 11.9. The highest BCUT2D eigenvalue weighted by Gasteiger charge is 2.45. The molecule has 32 heavy (non-hydrogen) atoms. The number of rotatable bonds is 5. The van der Waals surface area contributed by atoms with E-state index < -0.39 is 0 Å². The largest absolute Gasteiger partial charge is 0.378 e. The van der Waals surface area contributed by atoms with Crippen molar-refractivity contribution < 1.29 is 4.74 Å². The van der Waals surface area contributed by atoms with Gasteiger partial charge >= 0.3 is 0 Å². The number of fused-ring (bicyclic) bond motifs is 1. The molecule has 2 aromatic rings. The van der Waals surface area contributed by atoms with Crippen LogP contribution in [0, 0.1) is 5.92 Å². The number of halogens is 2. The Bertz CT molecular complexity index is 781. The summed E-state index contributed by atoms with van der Waals surface area (Å²) in [5.74, 6) is 0.498. The van der Waals surface area contributed by atoms with Crippen molar-refractivity contribution in [2.24, 2.45) is 5.92 Å². The molecular formula is C26H38ClIN2OS. The van der Waals surface area contributed by atoms with E-state index in [1.807, 2.05) is 33.8 Å². The smallest absolute Gasteiger partial charge is 0.0648 e. The van der Waals surface area contributed by atoms with Crippen molar-refractivity contribution in [2.45, 2.75) is 71.7 Å². The van der Waals surface area contributed by atoms with Crippen LogP contribution in [0.25, 0.3) is 0 Å². The molecule has 0 radical (unpaired) electrons. The van der Waals surface area contributed by atoms with E-state index in [2.05, 4.69) is 86.3 Å². The molecule has 4 rings (SSSR count). The minimum atomic E-state index is 0.285. The van der Waals surface area contributed by atoms with Crippen LogP contribution in [0.4, 0.5) is 0 Å². The molecular weight excluding hydrogens is 551 g/mol. The Morgan fingerprint density at radius 3 is 2.34 bits per heavy atom. The first kappa shape index (κ1) is 27.9. The van der Waals surface area contributed by atoms with Crippen LogP contribution in [0.1, 0.15) is 70.7 Å². The zero-order valence-corrected chi connectivity index (χ0v) is 23.7. The standard InChI is InChI=1S/C22H26ClIN2OS.2C2H6/c1-2-27-22-13-19(15-7-4-3-5-8-15)25-20-12-21(26(28-24)14-18(20)22)16-9-6-10-17(23)11-16;2*1-2/h3-11,18-22,25H,2,12-14H2,1H3;2*1-2H3/t18-,19?,20+,21?,22?;;/m1../s1. The van der Waals surface area contributed by atoms with Gasteiger partial charge < -0.3 is 10.1 Å². The first-order chi connectivity index (χ1) is 15.7. The summed E-state index contributed by atoms with van der Waals surface area (Å²) in [7, 11) is 1.80. The van der Waals surface area contributed by atoms with Crippen molar-refractivity contribution in [3.8, 4) is 0 Å². The molecule has 3 unspecified atom stereocenters. The lowest BCUT2D eigenvalue weighted by Gasteiger charge is -2.50. The number of piperidine rings is 2. The highest BCUT2D eigenvalue weighted by atomic mass is 127. The Labute approximate surface area is 216 Å². The van der Waals surface area contributed by atoms with Gasteiger partial charge in [-0.2, -0.15) is 0 Å². The zero-order chi connectivity index (χ0) is 23.5. The number of hydrogen-bond acceptors (Lipinski definition) is 4. The summed E-state index contributed by atoms with van der Waals surface area (Å²) in [6, 6.07) is 20.3. The number of hydrogen-bond donors (Lipinski definition) is 1. The molecule has 1 N–H and O–H groups in total. The maximum atomic E-state index is 6.30. The summed E-state index contributed by atoms with van der Waals surface area (Å²) in [5, 5.41) is 4.78. The van der Waals surface area contributed by atoms with Gasteiger partial charge in [0, 0.05) is 63.4 Å². The number of ether oxygens (including phenoxy) is 1. The summed E-state index contributed by atoms with van der Waals surface area (Å²) in [5.41, 5.74) is 2.65. The average Bonchev–Trinajstić information content (AvgIpc) is 2.86. The molecule has 2 aliphatic rings. The van der Waals surface area contributed by atoms with Gasteiger partial charge in [0.05, 0.1) is 6.10 Å².